The van der Waals surface area contributed by atoms with E-state index >= 15 is 0 Å². The molecule has 1 saturated heterocycles. The molecule has 0 saturated carbocycles. The van der Waals surface area contributed by atoms with Gasteiger partial charge in [-0.1, -0.05) is 25.4 Å². The number of nitrogens with zero attached hydrogens (tertiary/aromatic N) is 3. The van der Waals surface area contributed by atoms with Gasteiger partial charge >= 0.3 is 6.03 Å². The molecule has 6 nitrogen and oxygen atoms in total. The molecular formula is C15H25ClN4O2. The number of carbonyl (C=O) groups is 1. The number of aliphatic hydroxyl groups excluding tert-OH is 1. The van der Waals surface area contributed by atoms with E-state index in [0.29, 0.717) is 31.1 Å². The molecule has 1 aliphatic rings. The van der Waals surface area contributed by atoms with Gasteiger partial charge in [0.25, 0.3) is 0 Å². The number of rotatable bonds is 4. The molecular weight excluding hydrogens is 304 g/mol. The summed E-state index contributed by atoms with van der Waals surface area (Å²) in [7, 11) is 0. The summed E-state index contributed by atoms with van der Waals surface area (Å²) < 4.78 is 1.76. The Balaban J connectivity index is 1.74. The van der Waals surface area contributed by atoms with Crippen molar-refractivity contribution < 1.29 is 9.90 Å². The van der Waals surface area contributed by atoms with Crippen LogP contribution in [0.15, 0.2) is 12.4 Å². The van der Waals surface area contributed by atoms with Gasteiger partial charge in [-0.25, -0.2) is 4.79 Å². The van der Waals surface area contributed by atoms with Crippen LogP contribution in [-0.4, -0.2) is 51.6 Å². The maximum Gasteiger partial charge on any atom is 0.317 e. The van der Waals surface area contributed by atoms with Gasteiger partial charge in [0.1, 0.15) is 0 Å². The SMILES string of the molecule is CC1(C)CC(O)CCN(C(=O)NCCCn2cc(Cl)cn2)C1. The van der Waals surface area contributed by atoms with Gasteiger partial charge in [0.2, 0.25) is 0 Å². The Hall–Kier alpha value is -1.27. The predicted octanol–water partition coefficient (Wildman–Crippen LogP) is 2.12. The van der Waals surface area contributed by atoms with E-state index in [1.807, 2.05) is 0 Å². The van der Waals surface area contributed by atoms with Crippen LogP contribution < -0.4 is 5.32 Å². The lowest BCUT2D eigenvalue weighted by atomic mass is 9.87. The Labute approximate surface area is 136 Å². The highest BCUT2D eigenvalue weighted by Gasteiger charge is 2.31. The van der Waals surface area contributed by atoms with Crippen molar-refractivity contribution >= 4 is 17.6 Å². The van der Waals surface area contributed by atoms with Crippen molar-refractivity contribution in [3.63, 3.8) is 0 Å². The number of amides is 2. The van der Waals surface area contributed by atoms with Gasteiger partial charge in [0.05, 0.1) is 17.3 Å². The van der Waals surface area contributed by atoms with Crippen molar-refractivity contribution in [2.24, 2.45) is 5.41 Å². The number of likely N-dealkylation sites (tertiary alicyclic amines) is 1. The third kappa shape index (κ3) is 5.18. The molecule has 0 radical (unpaired) electrons. The summed E-state index contributed by atoms with van der Waals surface area (Å²) in [4.78, 5) is 14.1. The molecule has 1 aromatic rings. The zero-order valence-electron chi connectivity index (χ0n) is 13.3. The molecule has 124 valence electrons. The zero-order chi connectivity index (χ0) is 16.2. The number of aliphatic hydroxyl groups is 1. The normalized spacial score (nSPS) is 21.5. The molecule has 0 bridgehead atoms. The fourth-order valence-corrected chi connectivity index (χ4v) is 3.04. The molecule has 1 fully saturated rings. The van der Waals surface area contributed by atoms with Crippen molar-refractivity contribution in [3.8, 4) is 0 Å². The van der Waals surface area contributed by atoms with E-state index in [1.54, 1.807) is 22.0 Å². The van der Waals surface area contributed by atoms with Crippen LogP contribution in [0.5, 0.6) is 0 Å². The lowest BCUT2D eigenvalue weighted by molar-refractivity contribution is 0.121. The minimum atomic E-state index is -0.322. The fourth-order valence-electron chi connectivity index (χ4n) is 2.89. The lowest BCUT2D eigenvalue weighted by Crippen LogP contribution is -2.44. The summed E-state index contributed by atoms with van der Waals surface area (Å²) >= 11 is 5.80. The number of hydrogen-bond acceptors (Lipinski definition) is 3. The minimum Gasteiger partial charge on any atom is -0.393 e. The molecule has 0 aromatic carbocycles. The van der Waals surface area contributed by atoms with Gasteiger partial charge in [-0.2, -0.15) is 5.10 Å². The summed E-state index contributed by atoms with van der Waals surface area (Å²) in [6.07, 6.45) is 5.22. The second-order valence-corrected chi connectivity index (χ2v) is 7.18. The molecule has 1 aromatic heterocycles. The van der Waals surface area contributed by atoms with Crippen molar-refractivity contribution in [1.82, 2.24) is 20.0 Å². The van der Waals surface area contributed by atoms with Gasteiger partial charge in [-0.15, -0.1) is 0 Å². The average molecular weight is 329 g/mol. The summed E-state index contributed by atoms with van der Waals surface area (Å²) in [5.74, 6) is 0. The Bertz CT molecular complexity index is 503. The second-order valence-electron chi connectivity index (χ2n) is 6.74. The standard InChI is InChI=1S/C15H25ClN4O2/c1-15(2)8-13(21)4-7-19(11-15)14(22)17-5-3-6-20-10-12(16)9-18-20/h9-10,13,21H,3-8,11H2,1-2H3,(H,17,22). The van der Waals surface area contributed by atoms with Gasteiger partial charge < -0.3 is 15.3 Å². The van der Waals surface area contributed by atoms with Crippen LogP contribution in [0.4, 0.5) is 4.79 Å². The smallest absolute Gasteiger partial charge is 0.317 e. The van der Waals surface area contributed by atoms with E-state index in [2.05, 4.69) is 24.3 Å². The van der Waals surface area contributed by atoms with Crippen molar-refractivity contribution in [2.75, 3.05) is 19.6 Å². The second kappa shape index (κ2) is 7.33. The van der Waals surface area contributed by atoms with Crippen LogP contribution in [0.2, 0.25) is 5.02 Å². The maximum absolute atomic E-state index is 12.3. The Morgan fingerprint density at radius 1 is 1.59 bits per heavy atom. The maximum atomic E-state index is 12.3. The monoisotopic (exact) mass is 328 g/mol. The number of halogens is 1. The van der Waals surface area contributed by atoms with E-state index in [4.69, 9.17) is 11.6 Å². The fraction of sp³-hybridized carbons (Fsp3) is 0.733. The highest BCUT2D eigenvalue weighted by Crippen LogP contribution is 2.28. The third-order valence-corrected chi connectivity index (χ3v) is 4.06. The quantitative estimate of drug-likeness (QED) is 0.832. The molecule has 1 atom stereocenters. The number of hydrogen-bond donors (Lipinski definition) is 2. The van der Waals surface area contributed by atoms with Crippen LogP contribution in [0.1, 0.15) is 33.1 Å². The first-order valence-corrected chi connectivity index (χ1v) is 8.12. The summed E-state index contributed by atoms with van der Waals surface area (Å²) in [6.45, 7) is 6.76. The Morgan fingerprint density at radius 2 is 2.36 bits per heavy atom. The van der Waals surface area contributed by atoms with Crippen molar-refractivity contribution in [3.05, 3.63) is 17.4 Å². The topological polar surface area (TPSA) is 70.4 Å². The molecule has 2 N–H and O–H groups in total. The van der Waals surface area contributed by atoms with Crippen molar-refractivity contribution in [1.29, 1.82) is 0 Å². The lowest BCUT2D eigenvalue weighted by Gasteiger charge is -2.29. The first-order valence-electron chi connectivity index (χ1n) is 7.74. The molecule has 1 unspecified atom stereocenters. The molecule has 2 amide bonds. The summed E-state index contributed by atoms with van der Waals surface area (Å²) in [5.41, 5.74) is -0.0565. The van der Waals surface area contributed by atoms with Crippen molar-refractivity contribution in [2.45, 2.75) is 45.8 Å². The number of aromatic nitrogens is 2. The molecule has 22 heavy (non-hydrogen) atoms. The van der Waals surface area contributed by atoms with E-state index in [9.17, 15) is 9.90 Å². The van der Waals surface area contributed by atoms with E-state index in [-0.39, 0.29) is 17.6 Å². The van der Waals surface area contributed by atoms with Gasteiger partial charge in [0, 0.05) is 32.4 Å². The number of nitrogens with one attached hydrogen (secondary N) is 1. The minimum absolute atomic E-state index is 0.0549. The number of aryl methyl sites for hydroxylation is 1. The molecule has 0 spiro atoms. The largest absolute Gasteiger partial charge is 0.393 e. The van der Waals surface area contributed by atoms with Gasteiger partial charge in [-0.3, -0.25) is 4.68 Å². The summed E-state index contributed by atoms with van der Waals surface area (Å²) in [6, 6.07) is -0.0549. The van der Waals surface area contributed by atoms with Crippen LogP contribution in [0.3, 0.4) is 0 Å². The first-order chi connectivity index (χ1) is 10.4. The van der Waals surface area contributed by atoms with Gasteiger partial charge in [0.15, 0.2) is 0 Å². The average Bonchev–Trinajstić information content (AvgIpc) is 2.77. The molecule has 0 aliphatic carbocycles. The number of carbonyl (C=O) groups excluding carboxylic acids is 1. The van der Waals surface area contributed by atoms with Crippen LogP contribution in [0, 0.1) is 5.41 Å². The van der Waals surface area contributed by atoms with Crippen LogP contribution in [0.25, 0.3) is 0 Å². The van der Waals surface area contributed by atoms with Crippen LogP contribution in [-0.2, 0) is 6.54 Å². The highest BCUT2D eigenvalue weighted by atomic mass is 35.5. The molecule has 1 aliphatic heterocycles. The third-order valence-electron chi connectivity index (χ3n) is 3.87. The van der Waals surface area contributed by atoms with E-state index in [1.165, 1.54) is 0 Å². The Kier molecular flexibility index (Phi) is 5.69. The molecule has 2 rings (SSSR count). The Morgan fingerprint density at radius 3 is 3.05 bits per heavy atom. The first kappa shape index (κ1) is 17.1. The van der Waals surface area contributed by atoms with E-state index < -0.39 is 0 Å². The zero-order valence-corrected chi connectivity index (χ0v) is 14.0. The van der Waals surface area contributed by atoms with Crippen LogP contribution >= 0.6 is 11.6 Å². The predicted molar refractivity (Wildman–Crippen MR) is 85.8 cm³/mol. The summed E-state index contributed by atoms with van der Waals surface area (Å²) in [5, 5.41) is 17.5. The number of urea groups is 1. The molecule has 2 heterocycles. The van der Waals surface area contributed by atoms with E-state index in [0.717, 1.165) is 19.4 Å². The highest BCUT2D eigenvalue weighted by molar-refractivity contribution is 6.30. The molecule has 7 heteroatoms. The van der Waals surface area contributed by atoms with Gasteiger partial charge in [-0.05, 0) is 24.7 Å².